The fourth-order valence-corrected chi connectivity index (χ4v) is 2.22. The van der Waals surface area contributed by atoms with Gasteiger partial charge < -0.3 is 5.32 Å². The first-order chi connectivity index (χ1) is 6.36. The molecule has 0 heterocycles. The highest BCUT2D eigenvalue weighted by Gasteiger charge is 2.23. The average Bonchev–Trinajstić information content (AvgIpc) is 2.74. The Balaban J connectivity index is 1.77. The SMILES string of the molecule is O=C(NC1CCCC1)C1CC=CC1. The van der Waals surface area contributed by atoms with Crippen LogP contribution in [0.25, 0.3) is 0 Å². The van der Waals surface area contributed by atoms with Crippen LogP contribution in [0.3, 0.4) is 0 Å². The average molecular weight is 179 g/mol. The molecular weight excluding hydrogens is 162 g/mol. The number of nitrogens with one attached hydrogen (secondary N) is 1. The van der Waals surface area contributed by atoms with E-state index in [0.717, 1.165) is 12.8 Å². The lowest BCUT2D eigenvalue weighted by atomic mass is 10.1. The minimum atomic E-state index is 0.237. The molecule has 0 aromatic carbocycles. The molecule has 2 aliphatic carbocycles. The maximum Gasteiger partial charge on any atom is 0.223 e. The number of allylic oxidation sites excluding steroid dienone is 2. The van der Waals surface area contributed by atoms with Gasteiger partial charge >= 0.3 is 0 Å². The summed E-state index contributed by atoms with van der Waals surface area (Å²) in [6.07, 6.45) is 11.0. The van der Waals surface area contributed by atoms with Crippen molar-refractivity contribution in [1.29, 1.82) is 0 Å². The molecule has 0 atom stereocenters. The predicted molar refractivity (Wildman–Crippen MR) is 52.3 cm³/mol. The molecule has 13 heavy (non-hydrogen) atoms. The molecule has 0 aromatic heterocycles. The van der Waals surface area contributed by atoms with Crippen molar-refractivity contribution in [3.8, 4) is 0 Å². The number of amides is 1. The van der Waals surface area contributed by atoms with Crippen molar-refractivity contribution in [2.75, 3.05) is 0 Å². The molecule has 2 nitrogen and oxygen atoms in total. The zero-order valence-electron chi connectivity index (χ0n) is 7.96. The topological polar surface area (TPSA) is 29.1 Å². The molecule has 2 heteroatoms. The van der Waals surface area contributed by atoms with Crippen molar-refractivity contribution in [2.45, 2.75) is 44.6 Å². The summed E-state index contributed by atoms with van der Waals surface area (Å²) in [4.78, 5) is 11.7. The van der Waals surface area contributed by atoms with Crippen LogP contribution in [0, 0.1) is 5.92 Å². The maximum absolute atomic E-state index is 11.7. The van der Waals surface area contributed by atoms with Gasteiger partial charge in [0.15, 0.2) is 0 Å². The Morgan fingerprint density at radius 1 is 1.15 bits per heavy atom. The lowest BCUT2D eigenvalue weighted by Crippen LogP contribution is -2.36. The third kappa shape index (κ3) is 2.11. The molecule has 0 unspecified atom stereocenters. The van der Waals surface area contributed by atoms with Crippen molar-refractivity contribution >= 4 is 5.91 Å². The highest BCUT2D eigenvalue weighted by atomic mass is 16.1. The Morgan fingerprint density at radius 2 is 1.77 bits per heavy atom. The second kappa shape index (κ2) is 3.95. The second-order valence-electron chi connectivity index (χ2n) is 4.13. The van der Waals surface area contributed by atoms with Crippen LogP contribution >= 0.6 is 0 Å². The monoisotopic (exact) mass is 179 g/mol. The molecular formula is C11H17NO. The van der Waals surface area contributed by atoms with Gasteiger partial charge in [0.2, 0.25) is 5.91 Å². The van der Waals surface area contributed by atoms with Crippen molar-refractivity contribution in [3.63, 3.8) is 0 Å². The predicted octanol–water partition coefficient (Wildman–Crippen LogP) is 2.01. The molecule has 2 rings (SSSR count). The molecule has 0 saturated heterocycles. The van der Waals surface area contributed by atoms with Crippen LogP contribution in [0.5, 0.6) is 0 Å². The van der Waals surface area contributed by atoms with Gasteiger partial charge in [0.25, 0.3) is 0 Å². The van der Waals surface area contributed by atoms with Crippen LogP contribution in [-0.4, -0.2) is 11.9 Å². The molecule has 1 fully saturated rings. The van der Waals surface area contributed by atoms with Gasteiger partial charge in [-0.05, 0) is 25.7 Å². The standard InChI is InChI=1S/C11H17NO/c13-11(9-5-1-2-6-9)12-10-7-3-4-8-10/h1-2,9-10H,3-8H2,(H,12,13). The molecule has 0 bridgehead atoms. The van der Waals surface area contributed by atoms with E-state index in [9.17, 15) is 4.79 Å². The van der Waals surface area contributed by atoms with E-state index in [-0.39, 0.29) is 11.8 Å². The quantitative estimate of drug-likeness (QED) is 0.645. The Labute approximate surface area is 79.4 Å². The van der Waals surface area contributed by atoms with E-state index in [2.05, 4.69) is 17.5 Å². The van der Waals surface area contributed by atoms with Gasteiger partial charge in [0, 0.05) is 12.0 Å². The normalized spacial score (nSPS) is 24.0. The summed E-state index contributed by atoms with van der Waals surface area (Å²) < 4.78 is 0. The summed E-state index contributed by atoms with van der Waals surface area (Å²) in [5.41, 5.74) is 0. The number of hydrogen-bond acceptors (Lipinski definition) is 1. The summed E-state index contributed by atoms with van der Waals surface area (Å²) in [5.74, 6) is 0.512. The smallest absolute Gasteiger partial charge is 0.223 e. The third-order valence-corrected chi connectivity index (χ3v) is 3.08. The zero-order chi connectivity index (χ0) is 9.10. The van der Waals surface area contributed by atoms with Crippen LogP contribution in [0.15, 0.2) is 12.2 Å². The van der Waals surface area contributed by atoms with E-state index in [4.69, 9.17) is 0 Å². The summed E-state index contributed by atoms with van der Waals surface area (Å²) in [6, 6.07) is 0.480. The summed E-state index contributed by atoms with van der Waals surface area (Å²) in [6.45, 7) is 0. The van der Waals surface area contributed by atoms with E-state index < -0.39 is 0 Å². The van der Waals surface area contributed by atoms with Crippen LogP contribution in [0.4, 0.5) is 0 Å². The lowest BCUT2D eigenvalue weighted by molar-refractivity contribution is -0.125. The first kappa shape index (κ1) is 8.79. The summed E-state index contributed by atoms with van der Waals surface area (Å²) >= 11 is 0. The van der Waals surface area contributed by atoms with Crippen molar-refractivity contribution in [2.24, 2.45) is 5.92 Å². The Hall–Kier alpha value is -0.790. The summed E-state index contributed by atoms with van der Waals surface area (Å²) in [5, 5.41) is 3.14. The van der Waals surface area contributed by atoms with E-state index in [1.54, 1.807) is 0 Å². The van der Waals surface area contributed by atoms with Gasteiger partial charge in [-0.3, -0.25) is 4.79 Å². The third-order valence-electron chi connectivity index (χ3n) is 3.08. The van der Waals surface area contributed by atoms with E-state index in [0.29, 0.717) is 6.04 Å². The Bertz CT molecular complexity index is 208. The number of hydrogen-bond donors (Lipinski definition) is 1. The largest absolute Gasteiger partial charge is 0.353 e. The van der Waals surface area contributed by atoms with Crippen molar-refractivity contribution in [1.82, 2.24) is 5.32 Å². The minimum Gasteiger partial charge on any atom is -0.353 e. The minimum absolute atomic E-state index is 0.237. The van der Waals surface area contributed by atoms with E-state index in [1.807, 2.05) is 0 Å². The van der Waals surface area contributed by atoms with Gasteiger partial charge in [-0.15, -0.1) is 0 Å². The molecule has 2 aliphatic rings. The molecule has 1 saturated carbocycles. The van der Waals surface area contributed by atoms with Gasteiger partial charge in [0.1, 0.15) is 0 Å². The van der Waals surface area contributed by atoms with E-state index in [1.165, 1.54) is 25.7 Å². The maximum atomic E-state index is 11.7. The van der Waals surface area contributed by atoms with Crippen LogP contribution in [-0.2, 0) is 4.79 Å². The molecule has 0 aromatic rings. The number of carbonyl (C=O) groups is 1. The van der Waals surface area contributed by atoms with Gasteiger partial charge in [-0.1, -0.05) is 25.0 Å². The van der Waals surface area contributed by atoms with Gasteiger partial charge in [0.05, 0.1) is 0 Å². The van der Waals surface area contributed by atoms with Crippen LogP contribution < -0.4 is 5.32 Å². The molecule has 1 amide bonds. The molecule has 1 N–H and O–H groups in total. The van der Waals surface area contributed by atoms with Crippen LogP contribution in [0.1, 0.15) is 38.5 Å². The first-order valence-corrected chi connectivity index (χ1v) is 5.31. The van der Waals surface area contributed by atoms with Gasteiger partial charge in [-0.25, -0.2) is 0 Å². The zero-order valence-corrected chi connectivity index (χ0v) is 7.96. The lowest BCUT2D eigenvalue weighted by Gasteiger charge is -2.15. The molecule has 0 aliphatic heterocycles. The van der Waals surface area contributed by atoms with Crippen molar-refractivity contribution < 1.29 is 4.79 Å². The summed E-state index contributed by atoms with van der Waals surface area (Å²) in [7, 11) is 0. The fraction of sp³-hybridized carbons (Fsp3) is 0.727. The number of carbonyl (C=O) groups excluding carboxylic acids is 1. The second-order valence-corrected chi connectivity index (χ2v) is 4.13. The molecule has 72 valence electrons. The molecule has 0 radical (unpaired) electrons. The Morgan fingerprint density at radius 3 is 2.38 bits per heavy atom. The molecule has 0 spiro atoms. The number of rotatable bonds is 2. The first-order valence-electron chi connectivity index (χ1n) is 5.31. The fourth-order valence-electron chi connectivity index (χ4n) is 2.22. The van der Waals surface area contributed by atoms with Crippen molar-refractivity contribution in [3.05, 3.63) is 12.2 Å². The highest BCUT2D eigenvalue weighted by Crippen LogP contribution is 2.21. The van der Waals surface area contributed by atoms with Crippen LogP contribution in [0.2, 0.25) is 0 Å². The Kier molecular flexibility index (Phi) is 2.67. The van der Waals surface area contributed by atoms with E-state index >= 15 is 0 Å². The van der Waals surface area contributed by atoms with Gasteiger partial charge in [-0.2, -0.15) is 0 Å². The highest BCUT2D eigenvalue weighted by molar-refractivity contribution is 5.79.